The maximum absolute atomic E-state index is 13.1. The van der Waals surface area contributed by atoms with Gasteiger partial charge in [-0.05, 0) is 43.4 Å². The van der Waals surface area contributed by atoms with E-state index in [0.29, 0.717) is 25.7 Å². The number of aliphatic hydroxyl groups is 1. The van der Waals surface area contributed by atoms with Crippen molar-refractivity contribution >= 4 is 39.5 Å². The highest BCUT2D eigenvalue weighted by molar-refractivity contribution is 7.47. The van der Waals surface area contributed by atoms with E-state index >= 15 is 0 Å². The number of phosphoric acid groups is 2. The van der Waals surface area contributed by atoms with Crippen LogP contribution in [0.2, 0.25) is 0 Å². The molecule has 0 aliphatic carbocycles. The molecule has 0 amide bonds. The van der Waals surface area contributed by atoms with Gasteiger partial charge < -0.3 is 33.8 Å². The number of aliphatic hydroxyl groups excluding tert-OH is 1. The normalized spacial score (nSPS) is 14.2. The first-order chi connectivity index (χ1) is 49.3. The first-order valence-electron chi connectivity index (χ1n) is 42.9. The van der Waals surface area contributed by atoms with Gasteiger partial charge in [0.1, 0.15) is 19.3 Å². The van der Waals surface area contributed by atoms with Gasteiger partial charge in [-0.3, -0.25) is 37.3 Å². The molecule has 102 heavy (non-hydrogen) atoms. The number of hydrogen-bond donors (Lipinski definition) is 3. The zero-order valence-electron chi connectivity index (χ0n) is 67.1. The fourth-order valence-corrected chi connectivity index (χ4v) is 14.4. The zero-order chi connectivity index (χ0) is 75.1. The van der Waals surface area contributed by atoms with E-state index in [1.54, 1.807) is 0 Å². The van der Waals surface area contributed by atoms with Crippen LogP contribution in [0.1, 0.15) is 434 Å². The van der Waals surface area contributed by atoms with Crippen molar-refractivity contribution in [2.45, 2.75) is 452 Å². The zero-order valence-corrected chi connectivity index (χ0v) is 68.9. The van der Waals surface area contributed by atoms with Gasteiger partial charge in [-0.25, -0.2) is 9.13 Å². The van der Waals surface area contributed by atoms with Crippen molar-refractivity contribution < 1.29 is 80.2 Å². The van der Waals surface area contributed by atoms with E-state index in [1.807, 2.05) is 0 Å². The Morgan fingerprint density at radius 2 is 0.500 bits per heavy atom. The standard InChI is InChI=1S/C83H162O17P2/c1-8-10-11-12-13-14-15-30-36-45-52-59-66-82(87)100-79(71-94-81(86)65-58-51-44-39-38-41-48-55-62-75(5)6)73-98-102(91,92)96-69-77(84)68-95-101(89,90)97-72-78(70-93-80(85)64-57-50-43-35-31-26-23-22-24-28-33-40-47-54-61-74(3)4)99-83(88)67-60-53-46-37-32-27-21-19-17-16-18-20-25-29-34-42-49-56-63-76(7)9-2/h74-79,84H,8-73H2,1-7H3,(H,89,90)(H,91,92)/t76?,77-,78-,79-/m1/s1. The second-order valence-corrected chi connectivity index (χ2v) is 34.0. The summed E-state index contributed by atoms with van der Waals surface area (Å²) in [5, 5.41) is 10.6. The summed E-state index contributed by atoms with van der Waals surface area (Å²) in [4.78, 5) is 73.1. The lowest BCUT2D eigenvalue weighted by Gasteiger charge is -2.21. The molecule has 17 nitrogen and oxygen atoms in total. The topological polar surface area (TPSA) is 237 Å². The molecule has 0 bridgehead atoms. The number of ether oxygens (including phenoxy) is 4. The molecule has 0 radical (unpaired) electrons. The first-order valence-corrected chi connectivity index (χ1v) is 45.9. The van der Waals surface area contributed by atoms with Crippen LogP contribution in [0.5, 0.6) is 0 Å². The van der Waals surface area contributed by atoms with Gasteiger partial charge in [0.15, 0.2) is 12.2 Å². The van der Waals surface area contributed by atoms with Crippen molar-refractivity contribution in [1.82, 2.24) is 0 Å². The molecular formula is C83H162O17P2. The van der Waals surface area contributed by atoms with E-state index in [-0.39, 0.29) is 25.7 Å². The number of carbonyl (C=O) groups is 4. The van der Waals surface area contributed by atoms with Gasteiger partial charge in [0.25, 0.3) is 0 Å². The summed E-state index contributed by atoms with van der Waals surface area (Å²) in [6.07, 6.45) is 62.4. The summed E-state index contributed by atoms with van der Waals surface area (Å²) in [5.74, 6) is 0.288. The summed E-state index contributed by atoms with van der Waals surface area (Å²) in [6, 6.07) is 0. The lowest BCUT2D eigenvalue weighted by atomic mass is 9.99. The van der Waals surface area contributed by atoms with Crippen molar-refractivity contribution in [3.05, 3.63) is 0 Å². The second kappa shape index (κ2) is 73.2. The van der Waals surface area contributed by atoms with Crippen LogP contribution in [0.4, 0.5) is 0 Å². The van der Waals surface area contributed by atoms with E-state index in [2.05, 4.69) is 48.5 Å². The van der Waals surface area contributed by atoms with Crippen LogP contribution < -0.4 is 0 Å². The summed E-state index contributed by atoms with van der Waals surface area (Å²) in [7, 11) is -9.92. The Kier molecular flexibility index (Phi) is 71.8. The van der Waals surface area contributed by atoms with E-state index in [9.17, 15) is 43.2 Å². The molecule has 0 aromatic heterocycles. The third-order valence-corrected chi connectivity index (χ3v) is 21.6. The Morgan fingerprint density at radius 1 is 0.284 bits per heavy atom. The number of unbranched alkanes of at least 4 members (excludes halogenated alkanes) is 48. The lowest BCUT2D eigenvalue weighted by Crippen LogP contribution is -2.30. The van der Waals surface area contributed by atoms with Crippen LogP contribution in [0.15, 0.2) is 0 Å². The molecule has 0 spiro atoms. The third-order valence-electron chi connectivity index (χ3n) is 19.7. The molecule has 3 unspecified atom stereocenters. The average Bonchev–Trinajstić information content (AvgIpc) is 0.916. The van der Waals surface area contributed by atoms with Crippen molar-refractivity contribution in [1.29, 1.82) is 0 Å². The van der Waals surface area contributed by atoms with E-state index < -0.39 is 97.5 Å². The third kappa shape index (κ3) is 74.9. The van der Waals surface area contributed by atoms with Crippen LogP contribution in [-0.4, -0.2) is 96.7 Å². The molecule has 0 rings (SSSR count). The monoisotopic (exact) mass is 1490 g/mol. The van der Waals surface area contributed by atoms with Crippen molar-refractivity contribution in [3.8, 4) is 0 Å². The van der Waals surface area contributed by atoms with Gasteiger partial charge >= 0.3 is 39.5 Å². The molecule has 0 fully saturated rings. The van der Waals surface area contributed by atoms with Crippen LogP contribution in [0.25, 0.3) is 0 Å². The fourth-order valence-electron chi connectivity index (χ4n) is 12.8. The Hall–Kier alpha value is -1.94. The Labute approximate surface area is 626 Å². The van der Waals surface area contributed by atoms with Gasteiger partial charge in [-0.1, -0.05) is 382 Å². The maximum atomic E-state index is 13.1. The number of rotatable bonds is 81. The van der Waals surface area contributed by atoms with Crippen LogP contribution in [-0.2, 0) is 65.4 Å². The van der Waals surface area contributed by atoms with Gasteiger partial charge in [0.2, 0.25) is 0 Å². The minimum atomic E-state index is -4.96. The maximum Gasteiger partial charge on any atom is 0.472 e. The highest BCUT2D eigenvalue weighted by Gasteiger charge is 2.30. The quantitative estimate of drug-likeness (QED) is 0.0222. The molecule has 0 aliphatic rings. The molecule has 0 saturated carbocycles. The van der Waals surface area contributed by atoms with Crippen LogP contribution >= 0.6 is 15.6 Å². The molecule has 606 valence electrons. The molecule has 19 heteroatoms. The van der Waals surface area contributed by atoms with E-state index in [0.717, 1.165) is 108 Å². The highest BCUT2D eigenvalue weighted by atomic mass is 31.2. The SMILES string of the molecule is CCCCCCCCCCCCCCC(=O)O[C@H](COC(=O)CCCCCCCCCCC(C)C)COP(=O)(O)OC[C@H](O)COP(=O)(O)OC[C@@H](COC(=O)CCCCCCCCCCCCCCCCC(C)C)OC(=O)CCCCCCCCCCCCCCCCCCCCC(C)CC. The summed E-state index contributed by atoms with van der Waals surface area (Å²) in [5.41, 5.74) is 0. The van der Waals surface area contributed by atoms with E-state index in [1.165, 1.54) is 244 Å². The molecule has 3 N–H and O–H groups in total. The minimum Gasteiger partial charge on any atom is -0.462 e. The van der Waals surface area contributed by atoms with Crippen LogP contribution in [0, 0.1) is 17.8 Å². The smallest absolute Gasteiger partial charge is 0.462 e. The lowest BCUT2D eigenvalue weighted by molar-refractivity contribution is -0.161. The molecule has 0 aromatic carbocycles. The van der Waals surface area contributed by atoms with Crippen LogP contribution in [0.3, 0.4) is 0 Å². The van der Waals surface area contributed by atoms with Gasteiger partial charge in [-0.2, -0.15) is 0 Å². The molecule has 0 heterocycles. The predicted molar refractivity (Wildman–Crippen MR) is 418 cm³/mol. The fraction of sp³-hybridized carbons (Fsp3) is 0.952. The van der Waals surface area contributed by atoms with Crippen molar-refractivity contribution in [2.24, 2.45) is 17.8 Å². The summed E-state index contributed by atoms with van der Waals surface area (Å²) in [6.45, 7) is 12.0. The first kappa shape index (κ1) is 100. The van der Waals surface area contributed by atoms with Crippen molar-refractivity contribution in [2.75, 3.05) is 39.6 Å². The molecule has 0 saturated heterocycles. The van der Waals surface area contributed by atoms with Gasteiger partial charge in [0, 0.05) is 25.7 Å². The molecule has 6 atom stereocenters. The Morgan fingerprint density at radius 3 is 0.745 bits per heavy atom. The average molecular weight is 1490 g/mol. The summed E-state index contributed by atoms with van der Waals surface area (Å²) >= 11 is 0. The number of hydrogen-bond acceptors (Lipinski definition) is 15. The summed E-state index contributed by atoms with van der Waals surface area (Å²) < 4.78 is 68.8. The van der Waals surface area contributed by atoms with Gasteiger partial charge in [-0.15, -0.1) is 0 Å². The van der Waals surface area contributed by atoms with E-state index in [4.69, 9.17) is 37.0 Å². The predicted octanol–water partition coefficient (Wildman–Crippen LogP) is 24.9. The molecule has 0 aromatic rings. The van der Waals surface area contributed by atoms with Gasteiger partial charge in [0.05, 0.1) is 26.4 Å². The minimum absolute atomic E-state index is 0.107. The Bertz CT molecular complexity index is 1980. The highest BCUT2D eigenvalue weighted by Crippen LogP contribution is 2.45. The largest absolute Gasteiger partial charge is 0.472 e. The number of esters is 4. The molecule has 0 aliphatic heterocycles. The van der Waals surface area contributed by atoms with Crippen molar-refractivity contribution in [3.63, 3.8) is 0 Å². The molecular weight excluding hydrogens is 1330 g/mol. The Balaban J connectivity index is 5.22. The number of carbonyl (C=O) groups excluding carboxylic acids is 4. The number of phosphoric ester groups is 2. The second-order valence-electron chi connectivity index (χ2n) is 31.1.